The number of rotatable bonds is 7. The molecule has 0 aromatic heterocycles. The molecule has 0 aliphatic carbocycles. The number of hydrogen-bond acceptors (Lipinski definition) is 2. The number of benzene rings is 1. The summed E-state index contributed by atoms with van der Waals surface area (Å²) in [4.78, 5) is 15.9. The minimum Gasteiger partial charge on any atom is -0.357 e. The maximum atomic E-state index is 11.7. The fraction of sp³-hybridized carbons (Fsp3) is 0.375. The Labute approximate surface area is 126 Å². The van der Waals surface area contributed by atoms with Crippen molar-refractivity contribution in [2.75, 3.05) is 26.2 Å². The van der Waals surface area contributed by atoms with Crippen molar-refractivity contribution in [1.82, 2.24) is 16.0 Å². The Balaban J connectivity index is 2.30. The van der Waals surface area contributed by atoms with Crippen molar-refractivity contribution in [3.05, 3.63) is 35.9 Å². The lowest BCUT2D eigenvalue weighted by atomic mass is 10.1. The highest BCUT2D eigenvalue weighted by atomic mass is 16.1. The molecule has 0 atom stereocenters. The fourth-order valence-electron chi connectivity index (χ4n) is 1.67. The first-order valence-electron chi connectivity index (χ1n) is 7.02. The molecule has 1 amide bonds. The molecule has 112 valence electrons. The monoisotopic (exact) mass is 286 g/mol. The zero-order chi connectivity index (χ0) is 15.3. The molecule has 0 fully saturated rings. The summed E-state index contributed by atoms with van der Waals surface area (Å²) in [6, 6.07) is 10.0. The van der Waals surface area contributed by atoms with E-state index in [9.17, 15) is 4.79 Å². The number of amides is 1. The Kier molecular flexibility index (Phi) is 8.15. The molecule has 0 aliphatic heterocycles. The molecule has 0 saturated heterocycles. The summed E-state index contributed by atoms with van der Waals surface area (Å²) in [7, 11) is 0. The van der Waals surface area contributed by atoms with Crippen LogP contribution >= 0.6 is 0 Å². The Morgan fingerprint density at radius 3 is 2.67 bits per heavy atom. The molecule has 5 nitrogen and oxygen atoms in total. The van der Waals surface area contributed by atoms with Crippen LogP contribution in [-0.2, 0) is 11.2 Å². The molecule has 5 heteroatoms. The van der Waals surface area contributed by atoms with Gasteiger partial charge in [0.1, 0.15) is 6.54 Å². The molecule has 1 aromatic carbocycles. The van der Waals surface area contributed by atoms with Gasteiger partial charge in [-0.05, 0) is 18.9 Å². The predicted octanol–water partition coefficient (Wildman–Crippen LogP) is 0.534. The van der Waals surface area contributed by atoms with Crippen LogP contribution in [0.4, 0.5) is 0 Å². The number of terminal acetylenes is 1. The van der Waals surface area contributed by atoms with Crippen LogP contribution in [0.1, 0.15) is 12.5 Å². The van der Waals surface area contributed by atoms with Crippen molar-refractivity contribution in [3.8, 4) is 12.3 Å². The van der Waals surface area contributed by atoms with Gasteiger partial charge >= 0.3 is 0 Å². The van der Waals surface area contributed by atoms with Crippen LogP contribution in [-0.4, -0.2) is 38.0 Å². The van der Waals surface area contributed by atoms with E-state index in [1.54, 1.807) is 0 Å². The van der Waals surface area contributed by atoms with Gasteiger partial charge in [-0.2, -0.15) is 0 Å². The van der Waals surface area contributed by atoms with Gasteiger partial charge in [-0.1, -0.05) is 36.3 Å². The zero-order valence-electron chi connectivity index (χ0n) is 12.4. The van der Waals surface area contributed by atoms with E-state index >= 15 is 0 Å². The standard InChI is InChI=1S/C16H22N4O/c1-3-11-19-16(17-4-2)20-13-15(21)18-12-10-14-8-6-5-7-9-14/h1,5-9H,4,10-13H2,2H3,(H,18,21)(H2,17,19,20). The molecule has 3 N–H and O–H groups in total. The molecule has 0 aliphatic rings. The Morgan fingerprint density at radius 1 is 1.24 bits per heavy atom. The third-order valence-electron chi connectivity index (χ3n) is 2.66. The largest absolute Gasteiger partial charge is 0.357 e. The van der Waals surface area contributed by atoms with Crippen LogP contribution in [0.15, 0.2) is 35.3 Å². The summed E-state index contributed by atoms with van der Waals surface area (Å²) in [5.41, 5.74) is 1.20. The molecular formula is C16H22N4O. The molecule has 0 saturated carbocycles. The number of guanidine groups is 1. The average molecular weight is 286 g/mol. The lowest BCUT2D eigenvalue weighted by Gasteiger charge is -2.09. The molecule has 0 radical (unpaired) electrons. The number of nitrogens with zero attached hydrogens (tertiary/aromatic N) is 1. The van der Waals surface area contributed by atoms with Crippen molar-refractivity contribution in [2.45, 2.75) is 13.3 Å². The molecule has 0 bridgehead atoms. The summed E-state index contributed by atoms with van der Waals surface area (Å²) >= 11 is 0. The number of aliphatic imine (C=N–C) groups is 1. The number of nitrogens with one attached hydrogen (secondary N) is 3. The molecular weight excluding hydrogens is 264 g/mol. The molecule has 1 rings (SSSR count). The van der Waals surface area contributed by atoms with Gasteiger partial charge in [0, 0.05) is 13.1 Å². The van der Waals surface area contributed by atoms with Gasteiger partial charge in [-0.15, -0.1) is 6.42 Å². The quantitative estimate of drug-likeness (QED) is 0.389. The maximum absolute atomic E-state index is 11.7. The summed E-state index contributed by atoms with van der Waals surface area (Å²) in [6.07, 6.45) is 5.99. The van der Waals surface area contributed by atoms with E-state index in [2.05, 4.69) is 26.9 Å². The Bertz CT molecular complexity index is 491. The van der Waals surface area contributed by atoms with E-state index in [1.807, 2.05) is 37.3 Å². The fourth-order valence-corrected chi connectivity index (χ4v) is 1.67. The molecule has 21 heavy (non-hydrogen) atoms. The van der Waals surface area contributed by atoms with Crippen LogP contribution in [0.5, 0.6) is 0 Å². The number of carbonyl (C=O) groups excluding carboxylic acids is 1. The van der Waals surface area contributed by atoms with Gasteiger partial charge < -0.3 is 16.0 Å². The van der Waals surface area contributed by atoms with E-state index in [1.165, 1.54) is 5.56 Å². The minimum absolute atomic E-state index is 0.0781. The normalized spacial score (nSPS) is 10.6. The van der Waals surface area contributed by atoms with Gasteiger partial charge in [0.2, 0.25) is 5.91 Å². The van der Waals surface area contributed by atoms with Crippen LogP contribution in [0, 0.1) is 12.3 Å². The third kappa shape index (κ3) is 7.63. The van der Waals surface area contributed by atoms with Crippen LogP contribution in [0.25, 0.3) is 0 Å². The highest BCUT2D eigenvalue weighted by molar-refractivity contribution is 5.84. The topological polar surface area (TPSA) is 65.5 Å². The first kappa shape index (κ1) is 16.6. The van der Waals surface area contributed by atoms with Crippen LogP contribution < -0.4 is 16.0 Å². The van der Waals surface area contributed by atoms with Crippen molar-refractivity contribution in [1.29, 1.82) is 0 Å². The summed E-state index contributed by atoms with van der Waals surface area (Å²) in [5, 5.41) is 8.79. The second-order valence-electron chi connectivity index (χ2n) is 4.34. The van der Waals surface area contributed by atoms with E-state index in [-0.39, 0.29) is 12.5 Å². The van der Waals surface area contributed by atoms with Gasteiger partial charge in [-0.25, -0.2) is 4.99 Å². The lowest BCUT2D eigenvalue weighted by molar-refractivity contribution is -0.119. The van der Waals surface area contributed by atoms with E-state index in [4.69, 9.17) is 6.42 Å². The highest BCUT2D eigenvalue weighted by Gasteiger charge is 2.01. The SMILES string of the molecule is C#CCNC(=NCC(=O)NCCc1ccccc1)NCC. The zero-order valence-corrected chi connectivity index (χ0v) is 12.4. The van der Waals surface area contributed by atoms with Crippen molar-refractivity contribution < 1.29 is 4.79 Å². The van der Waals surface area contributed by atoms with E-state index < -0.39 is 0 Å². The summed E-state index contributed by atoms with van der Waals surface area (Å²) in [5.74, 6) is 2.91. The predicted molar refractivity (Wildman–Crippen MR) is 86.0 cm³/mol. The van der Waals surface area contributed by atoms with Crippen molar-refractivity contribution >= 4 is 11.9 Å². The molecule has 0 heterocycles. The summed E-state index contributed by atoms with van der Waals surface area (Å²) in [6.45, 7) is 3.72. The lowest BCUT2D eigenvalue weighted by Crippen LogP contribution is -2.38. The van der Waals surface area contributed by atoms with E-state index in [0.29, 0.717) is 25.6 Å². The Morgan fingerprint density at radius 2 is 2.00 bits per heavy atom. The molecule has 0 unspecified atom stereocenters. The second kappa shape index (κ2) is 10.3. The molecule has 0 spiro atoms. The first-order valence-corrected chi connectivity index (χ1v) is 7.02. The number of carbonyl (C=O) groups is 1. The maximum Gasteiger partial charge on any atom is 0.241 e. The van der Waals surface area contributed by atoms with Gasteiger partial charge in [0.15, 0.2) is 5.96 Å². The van der Waals surface area contributed by atoms with Gasteiger partial charge in [0.05, 0.1) is 6.54 Å². The third-order valence-corrected chi connectivity index (χ3v) is 2.66. The number of hydrogen-bond donors (Lipinski definition) is 3. The van der Waals surface area contributed by atoms with Crippen LogP contribution in [0.3, 0.4) is 0 Å². The minimum atomic E-state index is -0.108. The van der Waals surface area contributed by atoms with Crippen molar-refractivity contribution in [2.24, 2.45) is 4.99 Å². The Hall–Kier alpha value is -2.48. The van der Waals surface area contributed by atoms with Gasteiger partial charge in [-0.3, -0.25) is 4.79 Å². The van der Waals surface area contributed by atoms with Gasteiger partial charge in [0.25, 0.3) is 0 Å². The second-order valence-corrected chi connectivity index (χ2v) is 4.34. The summed E-state index contributed by atoms with van der Waals surface area (Å²) < 4.78 is 0. The first-order chi connectivity index (χ1) is 10.3. The van der Waals surface area contributed by atoms with Crippen molar-refractivity contribution in [3.63, 3.8) is 0 Å². The molecule has 1 aromatic rings. The van der Waals surface area contributed by atoms with Crippen LogP contribution in [0.2, 0.25) is 0 Å². The highest BCUT2D eigenvalue weighted by Crippen LogP contribution is 1.97. The smallest absolute Gasteiger partial charge is 0.241 e. The average Bonchev–Trinajstić information content (AvgIpc) is 2.51. The van der Waals surface area contributed by atoms with E-state index in [0.717, 1.165) is 6.42 Å².